The van der Waals surface area contributed by atoms with Crippen molar-refractivity contribution >= 4 is 55.4 Å². The minimum atomic E-state index is -4.72. The van der Waals surface area contributed by atoms with E-state index in [1.54, 1.807) is 12.3 Å². The third-order valence-electron chi connectivity index (χ3n) is 17.2. The highest BCUT2D eigenvalue weighted by molar-refractivity contribution is 7.90. The molecule has 5 aromatic rings. The lowest BCUT2D eigenvalue weighted by atomic mass is 9.59. The van der Waals surface area contributed by atoms with Crippen LogP contribution in [0.25, 0.3) is 11.0 Å². The van der Waals surface area contributed by atoms with Crippen molar-refractivity contribution in [2.75, 3.05) is 87.4 Å². The number of hydrogen-bond acceptors (Lipinski definition) is 16. The number of aromatic nitrogens is 2. The van der Waals surface area contributed by atoms with Gasteiger partial charge in [-0.3, -0.25) is 19.8 Å². The number of sulfonamides is 1. The zero-order chi connectivity index (χ0) is 51.8. The number of carbonyl (C=O) groups excluding carboxylic acids is 1. The molecule has 2 aromatic heterocycles. The molecule has 3 aromatic carbocycles. The Morgan fingerprint density at radius 1 is 0.947 bits per heavy atom. The fourth-order valence-corrected chi connectivity index (χ4v) is 14.0. The van der Waals surface area contributed by atoms with Crippen molar-refractivity contribution in [2.24, 2.45) is 5.41 Å². The second kappa shape index (κ2) is 19.5. The van der Waals surface area contributed by atoms with E-state index in [2.05, 4.69) is 72.7 Å². The maximum absolute atomic E-state index is 14.8. The fourth-order valence-electron chi connectivity index (χ4n) is 13.0. The monoisotopic (exact) mass is 1050 g/mol. The van der Waals surface area contributed by atoms with Gasteiger partial charge in [-0.25, -0.2) is 13.1 Å². The zero-order valence-electron chi connectivity index (χ0n) is 42.8. The van der Waals surface area contributed by atoms with E-state index < -0.39 is 43.1 Å². The number of aliphatic hydroxyl groups is 1. The Hall–Kier alpha value is -6.03. The number of amides is 1. The number of piperidine rings is 2. The van der Waals surface area contributed by atoms with Gasteiger partial charge in [0.25, 0.3) is 21.6 Å². The average Bonchev–Trinajstić information content (AvgIpc) is 3.86. The number of ether oxygens (including phenoxy) is 4. The van der Waals surface area contributed by atoms with Crippen LogP contribution in [-0.2, 0) is 19.5 Å². The number of aromatic amines is 1. The van der Waals surface area contributed by atoms with Crippen LogP contribution in [0.4, 0.5) is 28.4 Å². The number of nitrogens with one attached hydrogen (secondary N) is 3. The second-order valence-corrected chi connectivity index (χ2v) is 24.2. The third-order valence-corrected chi connectivity index (χ3v) is 18.5. The number of pyridine rings is 1. The van der Waals surface area contributed by atoms with Gasteiger partial charge in [-0.2, -0.15) is 4.98 Å². The van der Waals surface area contributed by atoms with Crippen LogP contribution in [-0.4, -0.2) is 146 Å². The summed E-state index contributed by atoms with van der Waals surface area (Å²) < 4.78 is 55.7. The van der Waals surface area contributed by atoms with Crippen LogP contribution in [0.3, 0.4) is 0 Å². The van der Waals surface area contributed by atoms with E-state index in [0.717, 1.165) is 69.1 Å². The molecule has 75 heavy (non-hydrogen) atoms. The maximum Gasteiger partial charge on any atom is 0.297 e. The molecule has 0 radical (unpaired) electrons. The van der Waals surface area contributed by atoms with Gasteiger partial charge in [0.05, 0.1) is 64.6 Å². The van der Waals surface area contributed by atoms with Gasteiger partial charge in [-0.1, -0.05) is 38.1 Å². The van der Waals surface area contributed by atoms with E-state index >= 15 is 0 Å². The Labute approximate surface area is 437 Å². The molecule has 0 unspecified atom stereocenters. The number of anilines is 4. The largest absolute Gasteiger partial charge is 0.489 e. The van der Waals surface area contributed by atoms with Gasteiger partial charge in [0, 0.05) is 81.3 Å². The number of nitro groups is 1. The third kappa shape index (κ3) is 9.55. The lowest BCUT2D eigenvalue weighted by Crippen LogP contribution is -2.58. The first-order valence-electron chi connectivity index (χ1n) is 26.7. The highest BCUT2D eigenvalue weighted by Gasteiger charge is 2.50. The molecule has 1 saturated carbocycles. The summed E-state index contributed by atoms with van der Waals surface area (Å²) in [7, 11) is -4.72. The predicted molar refractivity (Wildman–Crippen MR) is 283 cm³/mol. The summed E-state index contributed by atoms with van der Waals surface area (Å²) in [5.41, 5.74) is 4.59. The lowest BCUT2D eigenvalue weighted by molar-refractivity contribution is -0.384. The number of H-pyrrole nitrogens is 1. The van der Waals surface area contributed by atoms with Gasteiger partial charge in [0.15, 0.2) is 11.4 Å². The summed E-state index contributed by atoms with van der Waals surface area (Å²) in [6.45, 7) is 13.0. The number of likely N-dealkylation sites (tertiary alicyclic amines) is 1. The quantitative estimate of drug-likeness (QED) is 0.0757. The molecule has 4 atom stereocenters. The Bertz CT molecular complexity index is 3100. The SMILES string of the molecule is CC(C)c1ccccc1[C@@H]1COCCN1C1CC2(CCN(c3ccc(C(=O)NS(=O)(=O)c4cc5c(c([N+](=O)[O-])c4)N[C@H](CN4CCC(C)(O)CC4)CO5)c(N4c5cc6cc[nH]c6nc5O[C@H]5COCC[C@@H]54)c3)CC2)C1. The van der Waals surface area contributed by atoms with Gasteiger partial charge in [-0.05, 0) is 105 Å². The van der Waals surface area contributed by atoms with Crippen molar-refractivity contribution in [3.63, 3.8) is 0 Å². The number of benzene rings is 3. The van der Waals surface area contributed by atoms with Gasteiger partial charge >= 0.3 is 0 Å². The normalized spacial score (nSPS) is 24.8. The van der Waals surface area contributed by atoms with Crippen LogP contribution in [0.15, 0.2) is 77.8 Å². The first kappa shape index (κ1) is 49.8. The number of carbonyl (C=O) groups is 1. The molecule has 1 spiro atoms. The summed E-state index contributed by atoms with van der Waals surface area (Å²) in [4.78, 5) is 43.7. The molecule has 20 heteroatoms. The molecule has 5 fully saturated rings. The summed E-state index contributed by atoms with van der Waals surface area (Å²) >= 11 is 0. The van der Waals surface area contributed by atoms with Crippen molar-refractivity contribution < 1.29 is 42.2 Å². The molecule has 8 heterocycles. The van der Waals surface area contributed by atoms with Crippen molar-refractivity contribution in [3.05, 3.63) is 99.7 Å². The van der Waals surface area contributed by atoms with Crippen molar-refractivity contribution in [3.8, 4) is 11.6 Å². The minimum absolute atomic E-state index is 0.00242. The minimum Gasteiger partial charge on any atom is -0.489 e. The maximum atomic E-state index is 14.8. The number of nitrogens with zero attached hydrogens (tertiary/aromatic N) is 6. The number of fused-ring (bicyclic) bond motifs is 4. The zero-order valence-corrected chi connectivity index (χ0v) is 43.6. The molecule has 12 rings (SSSR count). The Morgan fingerprint density at radius 2 is 1.73 bits per heavy atom. The molecule has 6 aliphatic heterocycles. The number of nitro benzene ring substituents is 1. The molecular weight excluding hydrogens is 979 g/mol. The average molecular weight is 1050 g/mol. The van der Waals surface area contributed by atoms with Crippen LogP contribution in [0.2, 0.25) is 0 Å². The Balaban J connectivity index is 0.821. The smallest absolute Gasteiger partial charge is 0.297 e. The Morgan fingerprint density at radius 3 is 2.52 bits per heavy atom. The molecule has 4 saturated heterocycles. The Kier molecular flexibility index (Phi) is 13.0. The molecule has 4 N–H and O–H groups in total. The molecular formula is C55H67N9O10S. The highest BCUT2D eigenvalue weighted by atomic mass is 32.2. The van der Waals surface area contributed by atoms with Crippen molar-refractivity contribution in [2.45, 2.75) is 112 Å². The summed E-state index contributed by atoms with van der Waals surface area (Å²) in [6.07, 6.45) is 7.44. The number of morpholine rings is 1. The molecule has 19 nitrogen and oxygen atoms in total. The van der Waals surface area contributed by atoms with Crippen molar-refractivity contribution in [1.29, 1.82) is 0 Å². The topological polar surface area (TPSA) is 217 Å². The fraction of sp³-hybridized carbons (Fsp3) is 0.527. The summed E-state index contributed by atoms with van der Waals surface area (Å²) in [5, 5.41) is 27.1. The summed E-state index contributed by atoms with van der Waals surface area (Å²) in [6, 6.07) is 20.6. The molecule has 398 valence electrons. The molecule has 0 bridgehead atoms. The highest BCUT2D eigenvalue weighted by Crippen LogP contribution is 2.54. The summed E-state index contributed by atoms with van der Waals surface area (Å²) in [5.74, 6) is -0.123. The predicted octanol–water partition coefficient (Wildman–Crippen LogP) is 7.24. The van der Waals surface area contributed by atoms with E-state index in [9.17, 15) is 28.4 Å². The lowest BCUT2D eigenvalue weighted by Gasteiger charge is -2.57. The van der Waals surface area contributed by atoms with Crippen LogP contribution in [0.5, 0.6) is 11.6 Å². The number of hydrogen-bond donors (Lipinski definition) is 4. The molecule has 7 aliphatic rings. The first-order valence-corrected chi connectivity index (χ1v) is 28.2. The first-order chi connectivity index (χ1) is 36.1. The van der Waals surface area contributed by atoms with Gasteiger partial charge in [0.1, 0.15) is 24.0 Å². The van der Waals surface area contributed by atoms with E-state index in [1.165, 1.54) is 17.2 Å². The number of rotatable bonds is 11. The molecule has 1 amide bonds. The van der Waals surface area contributed by atoms with Gasteiger partial charge in [0.2, 0.25) is 5.88 Å². The van der Waals surface area contributed by atoms with E-state index in [4.69, 9.17) is 23.9 Å². The van der Waals surface area contributed by atoms with Gasteiger partial charge in [-0.15, -0.1) is 0 Å². The van der Waals surface area contributed by atoms with Gasteiger partial charge < -0.3 is 49.1 Å². The molecule has 1 aliphatic carbocycles. The van der Waals surface area contributed by atoms with Crippen LogP contribution < -0.4 is 29.3 Å². The van der Waals surface area contributed by atoms with E-state index in [-0.39, 0.29) is 47.1 Å². The van der Waals surface area contributed by atoms with Crippen molar-refractivity contribution in [1.82, 2.24) is 24.5 Å². The van der Waals surface area contributed by atoms with E-state index in [0.29, 0.717) is 93.6 Å². The van der Waals surface area contributed by atoms with Crippen LogP contribution >= 0.6 is 0 Å². The second-order valence-electron chi connectivity index (χ2n) is 22.5. The standard InChI is InChI=1S/C55H67N9O10S/c1-34(2)40-6-4-5-7-41(40)47-32-72-23-21-62(47)38-28-55(29-38)14-19-61(20-15-55)37-8-9-42(44(25-37)63-43-11-22-71-33-49(43)74-53-46(63)24-35-10-16-56-51(35)58-53)52(65)59-75(69,70)39-26-45(64(67)68)50-48(27-39)73-31-36(57-50)30-60-17-12-54(3,66)13-18-60/h4-10,16,24-27,34,36,38,43,47,49,57,66H,11-15,17-23,28-33H2,1-3H3,(H,56,58)(H,59,65)/t36-,43+,47+,49+/m1/s1. The van der Waals surface area contributed by atoms with Crippen LogP contribution in [0, 0.1) is 15.5 Å². The van der Waals surface area contributed by atoms with Crippen LogP contribution in [0.1, 0.15) is 99.2 Å². The van der Waals surface area contributed by atoms with E-state index in [1.807, 2.05) is 31.2 Å².